The first-order valence-corrected chi connectivity index (χ1v) is 11.9. The summed E-state index contributed by atoms with van der Waals surface area (Å²) in [6.45, 7) is 3.60. The number of oxazole rings is 1. The number of ether oxygens (including phenoxy) is 2. The van der Waals surface area contributed by atoms with Gasteiger partial charge < -0.3 is 19.2 Å². The molecule has 0 bridgehead atoms. The van der Waals surface area contributed by atoms with Gasteiger partial charge in [-0.2, -0.15) is 0 Å². The minimum atomic E-state index is -0.469. The van der Waals surface area contributed by atoms with E-state index in [2.05, 4.69) is 15.2 Å². The van der Waals surface area contributed by atoms with Crippen molar-refractivity contribution >= 4 is 34.7 Å². The van der Waals surface area contributed by atoms with Gasteiger partial charge in [-0.3, -0.25) is 14.5 Å². The smallest absolute Gasteiger partial charge is 0.316 e. The lowest BCUT2D eigenvalue weighted by Crippen LogP contribution is -2.59. The number of thioether (sulfide) groups is 1. The highest BCUT2D eigenvalue weighted by Gasteiger charge is 2.38. The number of aromatic nitrogens is 1. The van der Waals surface area contributed by atoms with Gasteiger partial charge in [-0.15, -0.1) is 0 Å². The summed E-state index contributed by atoms with van der Waals surface area (Å²) in [7, 11) is 0. The van der Waals surface area contributed by atoms with Gasteiger partial charge in [0.05, 0.1) is 13.2 Å². The van der Waals surface area contributed by atoms with Gasteiger partial charge in [0, 0.05) is 25.2 Å². The summed E-state index contributed by atoms with van der Waals surface area (Å²) in [6.07, 6.45) is 5.75. The molecule has 1 aliphatic carbocycles. The van der Waals surface area contributed by atoms with Gasteiger partial charge in [0.1, 0.15) is 11.3 Å². The predicted molar refractivity (Wildman–Crippen MR) is 117 cm³/mol. The lowest BCUT2D eigenvalue weighted by atomic mass is 9.79. The number of benzene rings is 1. The van der Waals surface area contributed by atoms with Crippen molar-refractivity contribution in [3.8, 4) is 0 Å². The van der Waals surface area contributed by atoms with Crippen molar-refractivity contribution in [2.24, 2.45) is 0 Å². The Morgan fingerprint density at radius 2 is 1.94 bits per heavy atom. The monoisotopic (exact) mass is 447 g/mol. The molecular formula is C22H29N3O5S. The molecule has 1 aliphatic heterocycles. The molecule has 2 aliphatic rings. The Labute approximate surface area is 186 Å². The highest BCUT2D eigenvalue weighted by molar-refractivity contribution is 7.99. The molecule has 2 fully saturated rings. The number of morpholine rings is 1. The van der Waals surface area contributed by atoms with Crippen molar-refractivity contribution in [2.75, 3.05) is 45.2 Å². The average Bonchev–Trinajstić information content (AvgIpc) is 3.24. The molecular weight excluding hydrogens is 418 g/mol. The number of nitrogens with zero attached hydrogens (tertiary/aromatic N) is 2. The lowest BCUT2D eigenvalue weighted by Gasteiger charge is -2.48. The highest BCUT2D eigenvalue weighted by atomic mass is 32.2. The molecule has 8 nitrogen and oxygen atoms in total. The third-order valence-corrected chi connectivity index (χ3v) is 6.83. The van der Waals surface area contributed by atoms with Crippen LogP contribution in [0.15, 0.2) is 33.9 Å². The number of hydrogen-bond donors (Lipinski definition) is 1. The first-order valence-electron chi connectivity index (χ1n) is 10.9. The topological polar surface area (TPSA) is 93.9 Å². The summed E-state index contributed by atoms with van der Waals surface area (Å²) in [4.78, 5) is 31.2. The van der Waals surface area contributed by atoms with Crippen LogP contribution in [0.3, 0.4) is 0 Å². The van der Waals surface area contributed by atoms with Gasteiger partial charge in [0.25, 0.3) is 11.1 Å². The largest absolute Gasteiger partial charge is 0.455 e. The molecule has 0 unspecified atom stereocenters. The zero-order valence-corrected chi connectivity index (χ0v) is 18.5. The van der Waals surface area contributed by atoms with Crippen molar-refractivity contribution in [2.45, 2.75) is 42.9 Å². The van der Waals surface area contributed by atoms with Crippen LogP contribution < -0.4 is 5.32 Å². The van der Waals surface area contributed by atoms with Crippen molar-refractivity contribution in [1.29, 1.82) is 0 Å². The molecule has 4 rings (SSSR count). The highest BCUT2D eigenvalue weighted by Crippen LogP contribution is 2.33. The molecule has 31 heavy (non-hydrogen) atoms. The molecule has 1 N–H and O–H groups in total. The van der Waals surface area contributed by atoms with E-state index in [1.807, 2.05) is 24.3 Å². The predicted octanol–water partition coefficient (Wildman–Crippen LogP) is 2.61. The molecule has 0 spiro atoms. The van der Waals surface area contributed by atoms with E-state index in [9.17, 15) is 9.59 Å². The van der Waals surface area contributed by atoms with Gasteiger partial charge in [0.2, 0.25) is 0 Å². The molecule has 168 valence electrons. The fraction of sp³-hybridized carbons (Fsp3) is 0.591. The molecule has 1 aromatic carbocycles. The maximum absolute atomic E-state index is 12.3. The Balaban J connectivity index is 1.21. The summed E-state index contributed by atoms with van der Waals surface area (Å²) in [5.74, 6) is -0.695. The summed E-state index contributed by atoms with van der Waals surface area (Å²) in [6, 6.07) is 7.42. The second-order valence-electron chi connectivity index (χ2n) is 8.06. The summed E-state index contributed by atoms with van der Waals surface area (Å²) in [5, 5.41) is 3.41. The Morgan fingerprint density at radius 1 is 1.16 bits per heavy atom. The summed E-state index contributed by atoms with van der Waals surface area (Å²) >= 11 is 1.16. The summed E-state index contributed by atoms with van der Waals surface area (Å²) in [5.41, 5.74) is 1.41. The molecule has 2 heterocycles. The molecule has 1 amide bonds. The first-order chi connectivity index (χ1) is 15.1. The fourth-order valence-corrected chi connectivity index (χ4v) is 5.02. The Kier molecular flexibility index (Phi) is 7.47. The Hall–Kier alpha value is -2.10. The minimum Gasteiger partial charge on any atom is -0.455 e. The molecule has 9 heteroatoms. The third kappa shape index (κ3) is 5.78. The van der Waals surface area contributed by atoms with Crippen LogP contribution in [-0.4, -0.2) is 72.5 Å². The van der Waals surface area contributed by atoms with Crippen molar-refractivity contribution in [1.82, 2.24) is 15.2 Å². The van der Waals surface area contributed by atoms with Crippen LogP contribution >= 0.6 is 11.8 Å². The van der Waals surface area contributed by atoms with Crippen molar-refractivity contribution in [3.63, 3.8) is 0 Å². The van der Waals surface area contributed by atoms with Gasteiger partial charge in [-0.1, -0.05) is 43.2 Å². The minimum absolute atomic E-state index is 0.00941. The second-order valence-corrected chi connectivity index (χ2v) is 8.98. The Bertz CT molecular complexity index is 857. The van der Waals surface area contributed by atoms with E-state index in [4.69, 9.17) is 13.9 Å². The van der Waals surface area contributed by atoms with E-state index in [0.29, 0.717) is 17.4 Å². The molecule has 1 aromatic heterocycles. The summed E-state index contributed by atoms with van der Waals surface area (Å²) < 4.78 is 16.2. The quantitative estimate of drug-likeness (QED) is 0.488. The van der Waals surface area contributed by atoms with Gasteiger partial charge >= 0.3 is 5.97 Å². The number of fused-ring (bicyclic) bond motifs is 1. The SMILES string of the molecule is O=C(COC(=O)CSc1nc2ccccc2o1)NCC1(N2CCOCC2)CCCCC1. The van der Waals surface area contributed by atoms with E-state index in [-0.39, 0.29) is 23.8 Å². The maximum Gasteiger partial charge on any atom is 0.316 e. The van der Waals surface area contributed by atoms with Crippen molar-refractivity contribution in [3.05, 3.63) is 24.3 Å². The lowest BCUT2D eigenvalue weighted by molar-refractivity contribution is -0.146. The second kappa shape index (κ2) is 10.5. The standard InChI is InChI=1S/C22H29N3O5S/c26-19(23-16-22(8-4-1-5-9-22)25-10-12-28-13-11-25)14-29-20(27)15-31-21-24-17-6-2-3-7-18(17)30-21/h2-3,6-7H,1,4-5,8-16H2,(H,23,26). The maximum atomic E-state index is 12.3. The number of carbonyl (C=O) groups is 2. The van der Waals surface area contributed by atoms with Crippen LogP contribution in [0.5, 0.6) is 0 Å². The van der Waals surface area contributed by atoms with E-state index in [1.54, 1.807) is 0 Å². The fourth-order valence-electron chi connectivity index (χ4n) is 4.39. The number of hydrogen-bond acceptors (Lipinski definition) is 8. The van der Waals surface area contributed by atoms with E-state index in [0.717, 1.165) is 56.4 Å². The van der Waals surface area contributed by atoms with Gasteiger partial charge in [-0.25, -0.2) is 4.98 Å². The van der Waals surface area contributed by atoms with Gasteiger partial charge in [0.15, 0.2) is 12.2 Å². The number of para-hydroxylation sites is 2. The van der Waals surface area contributed by atoms with E-state index >= 15 is 0 Å². The van der Waals surface area contributed by atoms with Crippen LogP contribution in [0.4, 0.5) is 0 Å². The number of amides is 1. The van der Waals surface area contributed by atoms with E-state index < -0.39 is 5.97 Å². The third-order valence-electron chi connectivity index (χ3n) is 6.03. The number of rotatable bonds is 8. The van der Waals surface area contributed by atoms with Crippen LogP contribution in [0.25, 0.3) is 11.1 Å². The molecule has 1 saturated heterocycles. The zero-order chi connectivity index (χ0) is 21.5. The molecule has 0 atom stereocenters. The van der Waals surface area contributed by atoms with Crippen LogP contribution in [0.2, 0.25) is 0 Å². The van der Waals surface area contributed by atoms with Gasteiger partial charge in [-0.05, 0) is 25.0 Å². The van der Waals surface area contributed by atoms with Crippen LogP contribution in [-0.2, 0) is 19.1 Å². The molecule has 1 saturated carbocycles. The van der Waals surface area contributed by atoms with Crippen LogP contribution in [0, 0.1) is 0 Å². The van der Waals surface area contributed by atoms with Crippen LogP contribution in [0.1, 0.15) is 32.1 Å². The number of esters is 1. The Morgan fingerprint density at radius 3 is 2.71 bits per heavy atom. The van der Waals surface area contributed by atoms with E-state index in [1.165, 1.54) is 19.3 Å². The van der Waals surface area contributed by atoms with Crippen molar-refractivity contribution < 1.29 is 23.5 Å². The number of carbonyl (C=O) groups excluding carboxylic acids is 2. The molecule has 2 aromatic rings. The number of nitrogens with one attached hydrogen (secondary N) is 1. The molecule has 0 radical (unpaired) electrons. The first kappa shape index (κ1) is 22.1. The average molecular weight is 448 g/mol. The zero-order valence-electron chi connectivity index (χ0n) is 17.6. The normalized spacial score (nSPS) is 19.2.